The van der Waals surface area contributed by atoms with E-state index in [-0.39, 0.29) is 5.25 Å². The van der Waals surface area contributed by atoms with Crippen molar-refractivity contribution >= 4 is 11.8 Å². The van der Waals surface area contributed by atoms with Crippen molar-refractivity contribution in [2.45, 2.75) is 10.2 Å². The highest BCUT2D eigenvalue weighted by atomic mass is 32.2. The van der Waals surface area contributed by atoms with E-state index in [2.05, 4.69) is 0 Å². The number of fused-ring (bicyclic) bond motifs is 1. The van der Waals surface area contributed by atoms with Gasteiger partial charge in [-0.2, -0.15) is 0 Å². The normalized spacial score (nSPS) is 37.8. The van der Waals surface area contributed by atoms with Gasteiger partial charge in [-0.1, -0.05) is 0 Å². The molecule has 0 bridgehead atoms. The summed E-state index contributed by atoms with van der Waals surface area (Å²) in [5.74, 6) is 1.34. The summed E-state index contributed by atoms with van der Waals surface area (Å²) in [5, 5.41) is 9.90. The van der Waals surface area contributed by atoms with E-state index in [4.69, 9.17) is 9.47 Å². The van der Waals surface area contributed by atoms with Gasteiger partial charge in [0.1, 0.15) is 11.5 Å². The number of methoxy groups -OCH3 is 2. The predicted molar refractivity (Wildman–Crippen MR) is 46.5 cm³/mol. The van der Waals surface area contributed by atoms with Crippen molar-refractivity contribution in [3.05, 3.63) is 23.7 Å². The van der Waals surface area contributed by atoms with E-state index >= 15 is 0 Å². The molecule has 1 aliphatic carbocycles. The molecule has 1 N–H and O–H groups in total. The van der Waals surface area contributed by atoms with E-state index in [9.17, 15) is 5.11 Å². The first kappa shape index (κ1) is 8.01. The van der Waals surface area contributed by atoms with Crippen LogP contribution in [0.1, 0.15) is 0 Å². The van der Waals surface area contributed by atoms with Gasteiger partial charge in [0.15, 0.2) is 4.93 Å². The Hall–Kier alpha value is -0.610. The highest BCUT2D eigenvalue weighted by Crippen LogP contribution is 2.59. The van der Waals surface area contributed by atoms with Crippen molar-refractivity contribution in [1.29, 1.82) is 0 Å². The van der Waals surface area contributed by atoms with Gasteiger partial charge in [0, 0.05) is 6.08 Å². The van der Waals surface area contributed by atoms with E-state index < -0.39 is 4.93 Å². The zero-order chi connectivity index (χ0) is 8.77. The molecule has 2 rings (SSSR count). The molecule has 0 aromatic rings. The first-order chi connectivity index (χ1) is 5.70. The lowest BCUT2D eigenvalue weighted by Crippen LogP contribution is -2.20. The zero-order valence-electron chi connectivity index (χ0n) is 6.90. The number of hydrogen-bond donors (Lipinski definition) is 1. The van der Waals surface area contributed by atoms with Gasteiger partial charge in [0.25, 0.3) is 0 Å². The molecule has 2 unspecified atom stereocenters. The Bertz CT molecular complexity index is 271. The van der Waals surface area contributed by atoms with E-state index in [1.54, 1.807) is 20.3 Å². The first-order valence-corrected chi connectivity index (χ1v) is 4.51. The van der Waals surface area contributed by atoms with Crippen LogP contribution in [-0.4, -0.2) is 29.5 Å². The minimum Gasteiger partial charge on any atom is -0.497 e. The Morgan fingerprint density at radius 2 is 2.25 bits per heavy atom. The number of rotatable bonds is 2. The standard InChI is InChI=1S/C8H10O3S/c1-10-5-3-6(11-2)8(9)7(4-5)12-8/h3-4,7,9H,1-2H3. The van der Waals surface area contributed by atoms with Gasteiger partial charge in [0.05, 0.1) is 19.5 Å². The second kappa shape index (κ2) is 2.44. The fourth-order valence-corrected chi connectivity index (χ4v) is 2.23. The topological polar surface area (TPSA) is 38.7 Å². The number of allylic oxidation sites excluding steroid dienone is 1. The Kier molecular flexibility index (Phi) is 1.63. The fourth-order valence-electron chi connectivity index (χ4n) is 1.27. The molecule has 12 heavy (non-hydrogen) atoms. The predicted octanol–water partition coefficient (Wildman–Crippen LogP) is 0.865. The highest BCUT2D eigenvalue weighted by molar-refractivity contribution is 8.08. The average molecular weight is 186 g/mol. The largest absolute Gasteiger partial charge is 0.497 e. The van der Waals surface area contributed by atoms with Crippen molar-refractivity contribution < 1.29 is 14.6 Å². The average Bonchev–Trinajstić information content (AvgIpc) is 2.74. The smallest absolute Gasteiger partial charge is 0.184 e. The van der Waals surface area contributed by atoms with Crippen LogP contribution in [0.3, 0.4) is 0 Å². The molecule has 0 radical (unpaired) electrons. The monoisotopic (exact) mass is 186 g/mol. The lowest BCUT2D eigenvalue weighted by atomic mass is 10.1. The molecule has 0 spiro atoms. The molecular formula is C8H10O3S. The third-order valence-corrected chi connectivity index (χ3v) is 3.32. The van der Waals surface area contributed by atoms with Crippen molar-refractivity contribution in [3.63, 3.8) is 0 Å². The van der Waals surface area contributed by atoms with E-state index in [0.717, 1.165) is 5.76 Å². The summed E-state index contributed by atoms with van der Waals surface area (Å²) in [5.41, 5.74) is 0. The quantitative estimate of drug-likeness (QED) is 0.649. The molecule has 0 amide bonds. The van der Waals surface area contributed by atoms with Gasteiger partial charge in [-0.15, -0.1) is 11.8 Å². The minimum atomic E-state index is -0.809. The van der Waals surface area contributed by atoms with Crippen LogP contribution in [0.2, 0.25) is 0 Å². The maximum atomic E-state index is 9.79. The molecule has 1 heterocycles. The number of aliphatic hydroxyl groups is 1. The van der Waals surface area contributed by atoms with E-state index in [0.29, 0.717) is 5.76 Å². The van der Waals surface area contributed by atoms with Crippen LogP contribution in [0.4, 0.5) is 0 Å². The van der Waals surface area contributed by atoms with Gasteiger partial charge in [-0.05, 0) is 6.08 Å². The van der Waals surface area contributed by atoms with Crippen LogP contribution in [0.5, 0.6) is 0 Å². The van der Waals surface area contributed by atoms with Crippen LogP contribution in [0.15, 0.2) is 23.7 Å². The first-order valence-electron chi connectivity index (χ1n) is 3.63. The Labute approximate surface area is 75.0 Å². The van der Waals surface area contributed by atoms with Crippen LogP contribution in [-0.2, 0) is 9.47 Å². The fraction of sp³-hybridized carbons (Fsp3) is 0.500. The van der Waals surface area contributed by atoms with Crippen LogP contribution < -0.4 is 0 Å². The van der Waals surface area contributed by atoms with Gasteiger partial charge in [-0.3, -0.25) is 0 Å². The van der Waals surface area contributed by atoms with Gasteiger partial charge in [0.2, 0.25) is 0 Å². The van der Waals surface area contributed by atoms with Crippen LogP contribution in [0.25, 0.3) is 0 Å². The number of ether oxygens (including phenoxy) is 2. The maximum Gasteiger partial charge on any atom is 0.184 e. The molecule has 0 saturated carbocycles. The Balaban J connectivity index is 2.28. The second-order valence-corrected chi connectivity index (χ2v) is 4.09. The van der Waals surface area contributed by atoms with Crippen molar-refractivity contribution in [3.8, 4) is 0 Å². The minimum absolute atomic E-state index is 0.104. The third kappa shape index (κ3) is 0.949. The summed E-state index contributed by atoms with van der Waals surface area (Å²) in [6.45, 7) is 0. The number of thioether (sulfide) groups is 1. The molecule has 1 saturated heterocycles. The molecule has 1 fully saturated rings. The van der Waals surface area contributed by atoms with Crippen molar-refractivity contribution in [1.82, 2.24) is 0 Å². The molecule has 2 atom stereocenters. The van der Waals surface area contributed by atoms with Crippen molar-refractivity contribution in [2.24, 2.45) is 0 Å². The molecule has 3 nitrogen and oxygen atoms in total. The highest BCUT2D eigenvalue weighted by Gasteiger charge is 2.59. The van der Waals surface area contributed by atoms with Crippen LogP contribution >= 0.6 is 11.8 Å². The van der Waals surface area contributed by atoms with Gasteiger partial charge in [-0.25, -0.2) is 0 Å². The molecule has 0 aromatic carbocycles. The molecular weight excluding hydrogens is 176 g/mol. The molecule has 4 heteroatoms. The maximum absolute atomic E-state index is 9.79. The SMILES string of the molecule is COC1=CC2SC2(O)C(OC)=C1. The summed E-state index contributed by atoms with van der Waals surface area (Å²) in [6, 6.07) is 0. The third-order valence-electron chi connectivity index (χ3n) is 2.03. The van der Waals surface area contributed by atoms with Gasteiger partial charge >= 0.3 is 0 Å². The second-order valence-electron chi connectivity index (χ2n) is 2.72. The molecule has 0 aromatic heterocycles. The summed E-state index contributed by atoms with van der Waals surface area (Å²) in [7, 11) is 3.16. The molecule has 66 valence electrons. The molecule has 1 aliphatic heterocycles. The lowest BCUT2D eigenvalue weighted by Gasteiger charge is -2.15. The van der Waals surface area contributed by atoms with E-state index in [1.165, 1.54) is 11.8 Å². The molecule has 2 aliphatic rings. The summed E-state index contributed by atoms with van der Waals surface area (Å²) in [6.07, 6.45) is 3.61. The van der Waals surface area contributed by atoms with Crippen molar-refractivity contribution in [2.75, 3.05) is 14.2 Å². The number of hydrogen-bond acceptors (Lipinski definition) is 4. The van der Waals surface area contributed by atoms with Gasteiger partial charge < -0.3 is 14.6 Å². The van der Waals surface area contributed by atoms with E-state index in [1.807, 2.05) is 6.08 Å². The van der Waals surface area contributed by atoms with Crippen LogP contribution in [0, 0.1) is 0 Å². The summed E-state index contributed by atoms with van der Waals surface area (Å²) in [4.78, 5) is -0.809. The summed E-state index contributed by atoms with van der Waals surface area (Å²) < 4.78 is 10.1. The Morgan fingerprint density at radius 3 is 2.83 bits per heavy atom. The summed E-state index contributed by atoms with van der Waals surface area (Å²) >= 11 is 1.46. The zero-order valence-corrected chi connectivity index (χ0v) is 7.72. The Morgan fingerprint density at radius 1 is 1.50 bits per heavy atom. The lowest BCUT2D eigenvalue weighted by molar-refractivity contribution is 0.125.